The average molecular weight is 855 g/mol. The summed E-state index contributed by atoms with van der Waals surface area (Å²) in [6.45, 7) is 16.4. The van der Waals surface area contributed by atoms with Crippen LogP contribution in [0, 0.1) is 0 Å². The van der Waals surface area contributed by atoms with Crippen LogP contribution in [0.15, 0.2) is 164 Å². The van der Waals surface area contributed by atoms with Gasteiger partial charge < -0.3 is 9.80 Å². The molecule has 0 fully saturated rings. The van der Waals surface area contributed by atoms with Crippen molar-refractivity contribution in [1.82, 2.24) is 0 Å². The summed E-state index contributed by atoms with van der Waals surface area (Å²) in [6.07, 6.45) is 12.9. The number of para-hydroxylation sites is 4. The molecule has 2 heterocycles. The highest BCUT2D eigenvalue weighted by molar-refractivity contribution is 6.08. The minimum atomic E-state index is -0.138. The van der Waals surface area contributed by atoms with Crippen LogP contribution in [0.3, 0.4) is 0 Å². The first-order valence-electron chi connectivity index (χ1n) is 24.1. The molecule has 0 aromatic heterocycles. The minimum Gasteiger partial charge on any atom is -0.334 e. The number of anilines is 5. The van der Waals surface area contributed by atoms with Crippen molar-refractivity contribution in [3.05, 3.63) is 213 Å². The fourth-order valence-electron chi connectivity index (χ4n) is 12.1. The topological polar surface area (TPSA) is 6.48 Å². The fraction of sp³-hybridized carbons (Fsp3) is 0.219. The molecule has 0 N–H and O–H groups in total. The number of hydrogen-bond acceptors (Lipinski definition) is 2. The Labute approximate surface area is 390 Å². The van der Waals surface area contributed by atoms with E-state index in [1.807, 2.05) is 0 Å². The number of fused-ring (bicyclic) bond motifs is 7. The van der Waals surface area contributed by atoms with Crippen molar-refractivity contribution in [2.24, 2.45) is 0 Å². The largest absolute Gasteiger partial charge is 0.334 e. The van der Waals surface area contributed by atoms with Crippen molar-refractivity contribution in [1.29, 1.82) is 0 Å². The first-order valence-corrected chi connectivity index (χ1v) is 24.1. The molecule has 8 aromatic carbocycles. The van der Waals surface area contributed by atoms with Crippen LogP contribution in [-0.2, 0) is 22.7 Å². The molecule has 2 nitrogen and oxygen atoms in total. The molecule has 4 aliphatic rings. The lowest BCUT2D eigenvalue weighted by molar-refractivity contribution is 0.590. The van der Waals surface area contributed by atoms with Gasteiger partial charge in [0.2, 0.25) is 0 Å². The van der Waals surface area contributed by atoms with Crippen LogP contribution in [0.4, 0.5) is 28.4 Å². The van der Waals surface area contributed by atoms with Gasteiger partial charge >= 0.3 is 0 Å². The third-order valence-electron chi connectivity index (χ3n) is 15.5. The van der Waals surface area contributed by atoms with Crippen LogP contribution in [0.2, 0.25) is 0 Å². The van der Waals surface area contributed by atoms with E-state index >= 15 is 0 Å². The van der Waals surface area contributed by atoms with Gasteiger partial charge in [-0.25, -0.2) is 0 Å². The molecule has 12 rings (SSSR count). The Kier molecular flexibility index (Phi) is 9.11. The quantitative estimate of drug-likeness (QED) is 0.174. The Morgan fingerprint density at radius 3 is 1.68 bits per heavy atom. The second-order valence-corrected chi connectivity index (χ2v) is 21.2. The maximum Gasteiger partial charge on any atom is 0.0566 e. The van der Waals surface area contributed by atoms with Crippen LogP contribution >= 0.6 is 0 Å². The summed E-state index contributed by atoms with van der Waals surface area (Å²) in [6, 6.07) is 60.5. The van der Waals surface area contributed by atoms with Gasteiger partial charge in [-0.1, -0.05) is 194 Å². The molecule has 2 aliphatic heterocycles. The number of hydrogen-bond donors (Lipinski definition) is 0. The summed E-state index contributed by atoms with van der Waals surface area (Å²) in [5.74, 6) is 0. The molecule has 324 valence electrons. The second kappa shape index (κ2) is 14.8. The molecule has 8 aromatic rings. The first-order chi connectivity index (χ1) is 31.9. The molecule has 66 heavy (non-hydrogen) atoms. The molecular formula is C64H58N2. The van der Waals surface area contributed by atoms with Crippen molar-refractivity contribution in [2.45, 2.75) is 90.0 Å². The third-order valence-corrected chi connectivity index (χ3v) is 15.5. The predicted molar refractivity (Wildman–Crippen MR) is 281 cm³/mol. The molecule has 0 amide bonds. The van der Waals surface area contributed by atoms with Crippen LogP contribution in [0.25, 0.3) is 51.3 Å². The summed E-state index contributed by atoms with van der Waals surface area (Å²) >= 11 is 0. The zero-order valence-corrected chi connectivity index (χ0v) is 39.4. The number of rotatable bonds is 4. The van der Waals surface area contributed by atoms with Gasteiger partial charge in [-0.3, -0.25) is 0 Å². The van der Waals surface area contributed by atoms with Crippen molar-refractivity contribution in [3.8, 4) is 22.3 Å². The van der Waals surface area contributed by atoms with Gasteiger partial charge in [0, 0.05) is 27.9 Å². The van der Waals surface area contributed by atoms with E-state index in [1.54, 1.807) is 0 Å². The van der Waals surface area contributed by atoms with E-state index in [0.717, 1.165) is 19.3 Å². The maximum atomic E-state index is 2.65. The van der Waals surface area contributed by atoms with Gasteiger partial charge in [0.1, 0.15) is 0 Å². The van der Waals surface area contributed by atoms with Crippen LogP contribution in [0.5, 0.6) is 0 Å². The van der Waals surface area contributed by atoms with Gasteiger partial charge in [-0.2, -0.15) is 0 Å². The van der Waals surface area contributed by atoms with Gasteiger partial charge in [-0.05, 0) is 143 Å². The minimum absolute atomic E-state index is 0.0455. The normalized spacial score (nSPS) is 17.3. The lowest BCUT2D eigenvalue weighted by Crippen LogP contribution is -2.43. The predicted octanol–water partition coefficient (Wildman–Crippen LogP) is 15.4. The summed E-state index contributed by atoms with van der Waals surface area (Å²) < 4.78 is 0. The highest BCUT2D eigenvalue weighted by Crippen LogP contribution is 2.53. The maximum absolute atomic E-state index is 2.65. The zero-order valence-electron chi connectivity index (χ0n) is 39.4. The molecule has 2 heteroatoms. The van der Waals surface area contributed by atoms with Gasteiger partial charge in [0.25, 0.3) is 0 Å². The van der Waals surface area contributed by atoms with Crippen LogP contribution in [0.1, 0.15) is 100 Å². The van der Waals surface area contributed by atoms with E-state index < -0.39 is 0 Å². The molecule has 0 saturated heterocycles. The number of allylic oxidation sites excluding steroid dienone is 1. The van der Waals surface area contributed by atoms with Gasteiger partial charge in [0.15, 0.2) is 0 Å². The summed E-state index contributed by atoms with van der Waals surface area (Å²) in [4.78, 5) is 5.17. The average Bonchev–Trinajstić information content (AvgIpc) is 3.33. The third kappa shape index (κ3) is 6.14. The molecule has 2 aliphatic carbocycles. The standard InChI is InChI=1S/C64H58N2/c1-62(2,3)45-32-30-42(31-33-45)60-48-36-34-47(66-58-26-16-12-22-54(58)64(6,7)55-23-13-17-27-59(55)66)40-51(48)61(44-29-28-41-18-8-9-19-43(41)38-44)49-37-35-46(39-50(49)60)65-56-24-14-10-20-52(56)63(4,5)53-21-11-15-25-57(53)65/h8,10-18,20-34,36-40,46H,9,19,35H2,1-7H3. The van der Waals surface area contributed by atoms with Gasteiger partial charge in [0.05, 0.1) is 17.4 Å². The van der Waals surface area contributed by atoms with Crippen LogP contribution in [-0.4, -0.2) is 6.04 Å². The van der Waals surface area contributed by atoms with Crippen molar-refractivity contribution in [3.63, 3.8) is 0 Å². The van der Waals surface area contributed by atoms with E-state index in [0.29, 0.717) is 0 Å². The Bertz CT molecular complexity index is 3350. The smallest absolute Gasteiger partial charge is 0.0566 e. The van der Waals surface area contributed by atoms with E-state index in [9.17, 15) is 0 Å². The van der Waals surface area contributed by atoms with Crippen molar-refractivity contribution >= 4 is 57.4 Å². The number of aryl methyl sites for hydroxylation is 1. The molecule has 0 spiro atoms. The first kappa shape index (κ1) is 40.6. The van der Waals surface area contributed by atoms with Crippen LogP contribution < -0.4 is 20.2 Å². The Hall–Kier alpha value is -6.90. The summed E-state index contributed by atoms with van der Waals surface area (Å²) in [5, 5.41) is 5.21. The molecule has 0 bridgehead atoms. The SMILES string of the molecule is CC(C)(C)c1ccc(-c2c3c(c(-c4ccc5c(c4)CCC=C5)c4cc(N5c6ccccc6C(C)(C)c6ccccc65)ccc24)=CCC(N2c4ccccc4C(C)(C)c4ccccc42)C=3)cc1. The van der Waals surface area contributed by atoms with E-state index in [1.165, 1.54) is 111 Å². The number of benzene rings is 8. The van der Waals surface area contributed by atoms with Crippen molar-refractivity contribution in [2.75, 3.05) is 9.80 Å². The van der Waals surface area contributed by atoms with Crippen molar-refractivity contribution < 1.29 is 0 Å². The summed E-state index contributed by atoms with van der Waals surface area (Å²) in [5.41, 5.74) is 20.8. The second-order valence-electron chi connectivity index (χ2n) is 21.2. The molecular weight excluding hydrogens is 797 g/mol. The Balaban J connectivity index is 1.17. The molecule has 1 unspecified atom stereocenters. The lowest BCUT2D eigenvalue weighted by atomic mass is 9.73. The van der Waals surface area contributed by atoms with E-state index in [-0.39, 0.29) is 22.3 Å². The zero-order chi connectivity index (χ0) is 45.1. The lowest BCUT2D eigenvalue weighted by Gasteiger charge is -2.45. The fourth-order valence-corrected chi connectivity index (χ4v) is 12.1. The molecule has 0 saturated carbocycles. The van der Waals surface area contributed by atoms with E-state index in [4.69, 9.17) is 0 Å². The Morgan fingerprint density at radius 1 is 0.530 bits per heavy atom. The highest BCUT2D eigenvalue weighted by atomic mass is 15.2. The molecule has 0 radical (unpaired) electrons. The number of nitrogens with zero attached hydrogens (tertiary/aromatic N) is 2. The summed E-state index contributed by atoms with van der Waals surface area (Å²) in [7, 11) is 0. The molecule has 1 atom stereocenters. The van der Waals surface area contributed by atoms with Gasteiger partial charge in [-0.15, -0.1) is 0 Å². The highest BCUT2D eigenvalue weighted by Gasteiger charge is 2.39. The van der Waals surface area contributed by atoms with E-state index in [2.05, 4.69) is 240 Å². The monoisotopic (exact) mass is 854 g/mol. The Morgan fingerprint density at radius 2 is 1.08 bits per heavy atom.